The molecule has 1 aromatic carbocycles. The summed E-state index contributed by atoms with van der Waals surface area (Å²) < 4.78 is 28.1. The van der Waals surface area contributed by atoms with Crippen LogP contribution in [0.4, 0.5) is 5.69 Å². The number of benzene rings is 1. The number of carbonyl (C=O) groups excluding carboxylic acids is 2. The van der Waals surface area contributed by atoms with E-state index in [1.54, 1.807) is 16.7 Å². The molecular weight excluding hydrogens is 408 g/mol. The van der Waals surface area contributed by atoms with Gasteiger partial charge in [-0.1, -0.05) is 19.1 Å². The third kappa shape index (κ3) is 4.52. The van der Waals surface area contributed by atoms with E-state index < -0.39 is 22.6 Å². The molecule has 7 nitrogen and oxygen atoms in total. The maximum atomic E-state index is 12.7. The summed E-state index contributed by atoms with van der Waals surface area (Å²) in [7, 11) is -4.03. The molecule has 1 amide bonds. The second kappa shape index (κ2) is 8.01. The third-order valence-corrected chi connectivity index (χ3v) is 7.21. The molecule has 1 atom stereocenters. The fraction of sp³-hybridized carbons (Fsp3) is 0.294. The number of hydrogen-bond acceptors (Lipinski definition) is 7. The normalized spacial score (nSPS) is 17.1. The molecule has 1 aliphatic heterocycles. The maximum Gasteiger partial charge on any atom is 0.350 e. The number of rotatable bonds is 4. The topological polar surface area (TPSA) is 107 Å². The summed E-state index contributed by atoms with van der Waals surface area (Å²) in [5.41, 5.74) is 0.786. The Morgan fingerprint density at radius 1 is 1.30 bits per heavy atom. The Bertz CT molecular complexity index is 970. The predicted molar refractivity (Wildman–Crippen MR) is 105 cm³/mol. The van der Waals surface area contributed by atoms with Crippen molar-refractivity contribution in [2.75, 3.05) is 18.1 Å². The zero-order valence-corrected chi connectivity index (χ0v) is 16.9. The average Bonchev–Trinajstić information content (AvgIpc) is 3.05. The van der Waals surface area contributed by atoms with E-state index in [-0.39, 0.29) is 15.7 Å². The lowest BCUT2D eigenvalue weighted by atomic mass is 10.2. The Kier molecular flexibility index (Phi) is 5.89. The number of thiophene rings is 1. The number of ether oxygens (including phenoxy) is 1. The zero-order valence-electron chi connectivity index (χ0n) is 14.5. The molecule has 2 heterocycles. The first-order valence-corrected chi connectivity index (χ1v) is 11.4. The lowest BCUT2D eigenvalue weighted by Crippen LogP contribution is -2.35. The van der Waals surface area contributed by atoms with Gasteiger partial charge < -0.3 is 9.64 Å². The van der Waals surface area contributed by atoms with Gasteiger partial charge in [0.05, 0.1) is 5.69 Å². The van der Waals surface area contributed by atoms with Crippen LogP contribution in [0.25, 0.3) is 0 Å². The van der Waals surface area contributed by atoms with Gasteiger partial charge in [0.15, 0.2) is 6.61 Å². The smallest absolute Gasteiger partial charge is 0.350 e. The van der Waals surface area contributed by atoms with Crippen LogP contribution in [-0.2, 0) is 19.6 Å². The minimum absolute atomic E-state index is 0.134. The number of carbonyl (C=O) groups is 2. The lowest BCUT2D eigenvalue weighted by Gasteiger charge is -2.22. The summed E-state index contributed by atoms with van der Waals surface area (Å²) in [4.78, 5) is 27.1. The number of sulfonamides is 1. The first-order valence-electron chi connectivity index (χ1n) is 8.11. The van der Waals surface area contributed by atoms with Gasteiger partial charge >= 0.3 is 5.97 Å². The molecule has 2 N–H and O–H groups in total. The van der Waals surface area contributed by atoms with Crippen molar-refractivity contribution in [1.82, 2.24) is 0 Å². The van der Waals surface area contributed by atoms with Crippen LogP contribution in [-0.4, -0.2) is 38.7 Å². The lowest BCUT2D eigenvalue weighted by molar-refractivity contribution is -0.121. The van der Waals surface area contributed by atoms with Crippen LogP contribution in [0.15, 0.2) is 45.5 Å². The van der Waals surface area contributed by atoms with E-state index in [2.05, 4.69) is 6.92 Å². The predicted octanol–water partition coefficient (Wildman–Crippen LogP) is 2.47. The molecule has 0 saturated carbocycles. The molecule has 0 spiro atoms. The molecule has 144 valence electrons. The molecule has 1 aromatic heterocycles. The summed E-state index contributed by atoms with van der Waals surface area (Å²) in [6.07, 6.45) is 0.805. The van der Waals surface area contributed by atoms with Crippen molar-refractivity contribution in [3.05, 3.63) is 40.6 Å². The number of nitrogens with two attached hydrogens (primary N) is 1. The Balaban J connectivity index is 1.73. The van der Waals surface area contributed by atoms with Crippen LogP contribution in [0, 0.1) is 0 Å². The van der Waals surface area contributed by atoms with E-state index in [0.717, 1.165) is 28.3 Å². The van der Waals surface area contributed by atoms with Crippen molar-refractivity contribution in [3.8, 4) is 0 Å². The molecule has 2 aromatic rings. The van der Waals surface area contributed by atoms with E-state index in [4.69, 9.17) is 9.88 Å². The van der Waals surface area contributed by atoms with Crippen LogP contribution < -0.4 is 10.0 Å². The van der Waals surface area contributed by atoms with Gasteiger partial charge in [0, 0.05) is 16.7 Å². The number of nitrogens with zero attached hydrogens (tertiary/aromatic N) is 1. The minimum Gasteiger partial charge on any atom is -0.451 e. The second-order valence-corrected chi connectivity index (χ2v) is 9.89. The van der Waals surface area contributed by atoms with E-state index in [1.807, 2.05) is 24.3 Å². The Labute approximate surface area is 165 Å². The summed E-state index contributed by atoms with van der Waals surface area (Å²) >= 11 is 2.60. The van der Waals surface area contributed by atoms with Crippen LogP contribution >= 0.6 is 23.1 Å². The van der Waals surface area contributed by atoms with Gasteiger partial charge in [-0.05, 0) is 30.0 Å². The highest BCUT2D eigenvalue weighted by molar-refractivity contribution is 8.00. The van der Waals surface area contributed by atoms with E-state index >= 15 is 0 Å². The molecule has 27 heavy (non-hydrogen) atoms. The quantitative estimate of drug-likeness (QED) is 0.753. The van der Waals surface area contributed by atoms with E-state index in [1.165, 1.54) is 11.4 Å². The van der Waals surface area contributed by atoms with Crippen molar-refractivity contribution in [1.29, 1.82) is 0 Å². The van der Waals surface area contributed by atoms with Crippen LogP contribution in [0.5, 0.6) is 0 Å². The largest absolute Gasteiger partial charge is 0.451 e. The van der Waals surface area contributed by atoms with Crippen LogP contribution in [0.3, 0.4) is 0 Å². The van der Waals surface area contributed by atoms with Gasteiger partial charge in [0.1, 0.15) is 9.77 Å². The molecule has 0 saturated heterocycles. The summed E-state index contributed by atoms with van der Waals surface area (Å²) in [5.74, 6) is -1.24. The minimum atomic E-state index is -4.03. The highest BCUT2D eigenvalue weighted by Crippen LogP contribution is 2.37. The van der Waals surface area contributed by atoms with Gasteiger partial charge in [-0.2, -0.15) is 0 Å². The number of fused-ring (bicyclic) bond motifs is 1. The second-order valence-electron chi connectivity index (χ2n) is 5.97. The molecule has 3 rings (SSSR count). The van der Waals surface area contributed by atoms with Crippen molar-refractivity contribution in [2.45, 2.75) is 28.4 Å². The zero-order chi connectivity index (χ0) is 19.6. The summed E-state index contributed by atoms with van der Waals surface area (Å²) in [6.45, 7) is 2.14. The van der Waals surface area contributed by atoms with Gasteiger partial charge in [-0.15, -0.1) is 23.1 Å². The number of anilines is 1. The van der Waals surface area contributed by atoms with Gasteiger partial charge in [-0.3, -0.25) is 4.79 Å². The van der Waals surface area contributed by atoms with Gasteiger partial charge in [0.25, 0.3) is 5.91 Å². The van der Waals surface area contributed by atoms with Gasteiger partial charge in [0.2, 0.25) is 10.0 Å². The van der Waals surface area contributed by atoms with Crippen molar-refractivity contribution >= 4 is 50.7 Å². The number of hydrogen-bond donors (Lipinski definition) is 1. The highest BCUT2D eigenvalue weighted by Gasteiger charge is 2.27. The Morgan fingerprint density at radius 3 is 2.78 bits per heavy atom. The Morgan fingerprint density at radius 2 is 2.04 bits per heavy atom. The first-order chi connectivity index (χ1) is 12.8. The fourth-order valence-corrected chi connectivity index (χ4v) is 5.66. The van der Waals surface area contributed by atoms with Gasteiger partial charge in [-0.25, -0.2) is 18.4 Å². The SMILES string of the molecule is CC1CCN(C(=O)COC(=O)c2sccc2S(N)(=O)=O)c2ccccc2S1. The van der Waals surface area contributed by atoms with E-state index in [0.29, 0.717) is 11.8 Å². The van der Waals surface area contributed by atoms with Crippen molar-refractivity contribution in [2.24, 2.45) is 5.14 Å². The maximum absolute atomic E-state index is 12.7. The number of esters is 1. The molecule has 1 unspecified atom stereocenters. The first kappa shape index (κ1) is 19.9. The van der Waals surface area contributed by atoms with Crippen LogP contribution in [0.1, 0.15) is 23.0 Å². The standard InChI is InChI=1S/C17H18N2O5S3/c1-11-6-8-19(12-4-2-3-5-13(12)26-11)15(20)10-24-17(21)16-14(7-9-25-16)27(18,22)23/h2-5,7,9,11H,6,8,10H2,1H3,(H2,18,22,23). The third-order valence-electron chi connectivity index (χ3n) is 3.99. The average molecular weight is 427 g/mol. The number of amides is 1. The number of thioether (sulfide) groups is 1. The molecule has 0 bridgehead atoms. The van der Waals surface area contributed by atoms with Crippen molar-refractivity contribution in [3.63, 3.8) is 0 Å². The molecule has 0 radical (unpaired) electrons. The molecule has 0 fully saturated rings. The fourth-order valence-electron chi connectivity index (χ4n) is 2.69. The monoisotopic (exact) mass is 426 g/mol. The molecule has 10 heteroatoms. The van der Waals surface area contributed by atoms with Crippen molar-refractivity contribution < 1.29 is 22.7 Å². The Hall–Kier alpha value is -1.88. The highest BCUT2D eigenvalue weighted by atomic mass is 32.2. The summed E-state index contributed by atoms with van der Waals surface area (Å²) in [6, 6.07) is 8.82. The van der Waals surface area contributed by atoms with E-state index in [9.17, 15) is 18.0 Å². The number of primary sulfonamides is 1. The summed E-state index contributed by atoms with van der Waals surface area (Å²) in [5, 5.41) is 6.88. The molecule has 1 aliphatic rings. The number of para-hydroxylation sites is 1. The molecular formula is C17H18N2O5S3. The van der Waals surface area contributed by atoms with Crippen LogP contribution in [0.2, 0.25) is 0 Å². The molecule has 0 aliphatic carbocycles.